The largest absolute Gasteiger partial charge is 0.497 e. The molecule has 1 spiro atoms. The average molecular weight is 408 g/mol. The molecule has 2 heterocycles. The number of hydrogen-bond donors (Lipinski definition) is 1. The molecule has 6 nitrogen and oxygen atoms in total. The second-order valence-electron chi connectivity index (χ2n) is 8.42. The van der Waals surface area contributed by atoms with Gasteiger partial charge in [-0.1, -0.05) is 42.0 Å². The SMILES string of the molecule is COc1ccc(CN2CC3(CCN(C(=O)NCc4ccc(C)cc4)CC3)C2=O)cc1. The number of ether oxygens (including phenoxy) is 1. The Bertz CT molecular complexity index is 900. The number of methoxy groups -OCH3 is 1. The van der Waals surface area contributed by atoms with Crippen LogP contribution in [0.2, 0.25) is 0 Å². The quantitative estimate of drug-likeness (QED) is 0.774. The van der Waals surface area contributed by atoms with Crippen LogP contribution in [0.15, 0.2) is 48.5 Å². The molecule has 1 N–H and O–H groups in total. The predicted molar refractivity (Wildman–Crippen MR) is 115 cm³/mol. The Labute approximate surface area is 177 Å². The van der Waals surface area contributed by atoms with Crippen molar-refractivity contribution in [2.75, 3.05) is 26.7 Å². The highest BCUT2D eigenvalue weighted by Gasteiger charge is 2.53. The number of carbonyl (C=O) groups excluding carboxylic acids is 2. The fourth-order valence-electron chi connectivity index (χ4n) is 4.33. The third-order valence-corrected chi connectivity index (χ3v) is 6.34. The molecular formula is C24H29N3O3. The van der Waals surface area contributed by atoms with E-state index in [9.17, 15) is 9.59 Å². The summed E-state index contributed by atoms with van der Waals surface area (Å²) in [5.74, 6) is 1.04. The first-order valence-electron chi connectivity index (χ1n) is 10.5. The topological polar surface area (TPSA) is 61.9 Å². The Kier molecular flexibility index (Phi) is 5.66. The van der Waals surface area contributed by atoms with Crippen LogP contribution in [0.1, 0.15) is 29.5 Å². The molecule has 2 aliphatic heterocycles. The zero-order chi connectivity index (χ0) is 21.1. The number of carbonyl (C=O) groups is 2. The van der Waals surface area contributed by atoms with Crippen LogP contribution < -0.4 is 10.1 Å². The van der Waals surface area contributed by atoms with Crippen LogP contribution in [0.4, 0.5) is 4.79 Å². The number of rotatable bonds is 5. The lowest BCUT2D eigenvalue weighted by Gasteiger charge is -2.52. The number of likely N-dealkylation sites (tertiary alicyclic amines) is 2. The van der Waals surface area contributed by atoms with Crippen molar-refractivity contribution >= 4 is 11.9 Å². The molecule has 0 atom stereocenters. The predicted octanol–water partition coefficient (Wildman–Crippen LogP) is 3.34. The Hall–Kier alpha value is -3.02. The summed E-state index contributed by atoms with van der Waals surface area (Å²) in [6.07, 6.45) is 1.48. The van der Waals surface area contributed by atoms with Gasteiger partial charge in [-0.05, 0) is 43.0 Å². The minimum atomic E-state index is -0.278. The molecule has 2 fully saturated rings. The minimum absolute atomic E-state index is 0.0488. The smallest absolute Gasteiger partial charge is 0.317 e. The van der Waals surface area contributed by atoms with Gasteiger partial charge in [-0.2, -0.15) is 0 Å². The molecule has 2 aliphatic rings. The van der Waals surface area contributed by atoms with Crippen molar-refractivity contribution in [1.82, 2.24) is 15.1 Å². The van der Waals surface area contributed by atoms with E-state index in [0.717, 1.165) is 36.3 Å². The summed E-state index contributed by atoms with van der Waals surface area (Å²) in [6.45, 7) is 5.23. The van der Waals surface area contributed by atoms with Gasteiger partial charge in [0.2, 0.25) is 5.91 Å². The van der Waals surface area contributed by atoms with E-state index in [1.165, 1.54) is 5.56 Å². The van der Waals surface area contributed by atoms with E-state index in [2.05, 4.69) is 5.32 Å². The van der Waals surface area contributed by atoms with Gasteiger partial charge in [0, 0.05) is 32.7 Å². The fourth-order valence-corrected chi connectivity index (χ4v) is 4.33. The molecule has 4 rings (SSSR count). The molecule has 0 aliphatic carbocycles. The third kappa shape index (κ3) is 4.13. The molecule has 2 saturated heterocycles. The normalized spacial score (nSPS) is 17.6. The number of benzene rings is 2. The van der Waals surface area contributed by atoms with Crippen molar-refractivity contribution in [2.24, 2.45) is 5.41 Å². The summed E-state index contributed by atoms with van der Waals surface area (Å²) in [4.78, 5) is 29.1. The molecule has 0 bridgehead atoms. The third-order valence-electron chi connectivity index (χ3n) is 6.34. The van der Waals surface area contributed by atoms with Crippen LogP contribution in [0, 0.1) is 12.3 Å². The second-order valence-corrected chi connectivity index (χ2v) is 8.42. The lowest BCUT2D eigenvalue weighted by Crippen LogP contribution is -2.64. The maximum atomic E-state index is 12.9. The van der Waals surface area contributed by atoms with Gasteiger partial charge < -0.3 is 19.9 Å². The van der Waals surface area contributed by atoms with Gasteiger partial charge in [0.25, 0.3) is 0 Å². The molecule has 2 aromatic carbocycles. The Morgan fingerprint density at radius 3 is 2.27 bits per heavy atom. The van der Waals surface area contributed by atoms with Gasteiger partial charge in [0.05, 0.1) is 12.5 Å². The first-order valence-corrected chi connectivity index (χ1v) is 10.5. The van der Waals surface area contributed by atoms with Crippen molar-refractivity contribution in [2.45, 2.75) is 32.9 Å². The Morgan fingerprint density at radius 2 is 1.67 bits per heavy atom. The number of amides is 3. The Morgan fingerprint density at radius 1 is 1.03 bits per heavy atom. The molecule has 158 valence electrons. The summed E-state index contributed by atoms with van der Waals surface area (Å²) in [6, 6.07) is 15.9. The average Bonchev–Trinajstić information content (AvgIpc) is 2.79. The van der Waals surface area contributed by atoms with E-state index in [0.29, 0.717) is 26.2 Å². The summed E-state index contributed by atoms with van der Waals surface area (Å²) < 4.78 is 5.18. The highest BCUT2D eigenvalue weighted by Crippen LogP contribution is 2.42. The monoisotopic (exact) mass is 407 g/mol. The van der Waals surface area contributed by atoms with Crippen molar-refractivity contribution < 1.29 is 14.3 Å². The molecule has 0 unspecified atom stereocenters. The molecule has 0 aromatic heterocycles. The number of piperidine rings is 1. The first kappa shape index (κ1) is 20.3. The van der Waals surface area contributed by atoms with Gasteiger partial charge in [-0.25, -0.2) is 4.79 Å². The number of nitrogens with one attached hydrogen (secondary N) is 1. The second kappa shape index (κ2) is 8.38. The highest BCUT2D eigenvalue weighted by molar-refractivity contribution is 5.89. The molecule has 0 radical (unpaired) electrons. The summed E-state index contributed by atoms with van der Waals surface area (Å²) >= 11 is 0. The van der Waals surface area contributed by atoms with Gasteiger partial charge in [-0.3, -0.25) is 4.79 Å². The number of nitrogens with zero attached hydrogens (tertiary/aromatic N) is 2. The van der Waals surface area contributed by atoms with Crippen LogP contribution in [0.5, 0.6) is 5.75 Å². The minimum Gasteiger partial charge on any atom is -0.497 e. The van der Waals surface area contributed by atoms with Crippen LogP contribution in [0.25, 0.3) is 0 Å². The standard InChI is InChI=1S/C24H29N3O3/c1-18-3-5-19(6-4-18)15-25-23(29)26-13-11-24(12-14-26)17-27(22(24)28)16-20-7-9-21(30-2)10-8-20/h3-10H,11-17H2,1-2H3,(H,25,29). The summed E-state index contributed by atoms with van der Waals surface area (Å²) in [5, 5.41) is 2.99. The van der Waals surface area contributed by atoms with E-state index in [1.807, 2.05) is 65.3 Å². The van der Waals surface area contributed by atoms with Crippen LogP contribution >= 0.6 is 0 Å². The molecule has 2 aromatic rings. The Balaban J connectivity index is 1.24. The van der Waals surface area contributed by atoms with Gasteiger partial charge in [-0.15, -0.1) is 0 Å². The molecular weight excluding hydrogens is 378 g/mol. The number of aryl methyl sites for hydroxylation is 1. The fraction of sp³-hybridized carbons (Fsp3) is 0.417. The molecule has 0 saturated carbocycles. The van der Waals surface area contributed by atoms with Crippen LogP contribution in [-0.2, 0) is 17.9 Å². The van der Waals surface area contributed by atoms with E-state index >= 15 is 0 Å². The van der Waals surface area contributed by atoms with Crippen molar-refractivity contribution in [3.63, 3.8) is 0 Å². The van der Waals surface area contributed by atoms with Gasteiger partial charge in [0.15, 0.2) is 0 Å². The van der Waals surface area contributed by atoms with E-state index in [4.69, 9.17) is 4.74 Å². The van der Waals surface area contributed by atoms with Crippen LogP contribution in [0.3, 0.4) is 0 Å². The highest BCUT2D eigenvalue weighted by atomic mass is 16.5. The zero-order valence-electron chi connectivity index (χ0n) is 17.7. The summed E-state index contributed by atoms with van der Waals surface area (Å²) in [5.41, 5.74) is 3.12. The van der Waals surface area contributed by atoms with Crippen LogP contribution in [-0.4, -0.2) is 48.5 Å². The van der Waals surface area contributed by atoms with E-state index in [-0.39, 0.29) is 17.4 Å². The maximum Gasteiger partial charge on any atom is 0.317 e. The molecule has 3 amide bonds. The number of urea groups is 1. The lowest BCUT2D eigenvalue weighted by atomic mass is 9.71. The van der Waals surface area contributed by atoms with Crippen molar-refractivity contribution in [1.29, 1.82) is 0 Å². The summed E-state index contributed by atoms with van der Waals surface area (Å²) in [7, 11) is 1.65. The van der Waals surface area contributed by atoms with Gasteiger partial charge >= 0.3 is 6.03 Å². The van der Waals surface area contributed by atoms with Gasteiger partial charge in [0.1, 0.15) is 5.75 Å². The van der Waals surface area contributed by atoms with Crippen molar-refractivity contribution in [3.8, 4) is 5.75 Å². The lowest BCUT2D eigenvalue weighted by molar-refractivity contribution is -0.165. The van der Waals surface area contributed by atoms with E-state index < -0.39 is 0 Å². The van der Waals surface area contributed by atoms with Crippen molar-refractivity contribution in [3.05, 3.63) is 65.2 Å². The molecule has 6 heteroatoms. The number of β-lactam (4-membered cyclic amide) rings is 1. The van der Waals surface area contributed by atoms with E-state index in [1.54, 1.807) is 7.11 Å². The zero-order valence-corrected chi connectivity index (χ0v) is 17.7. The number of hydrogen-bond acceptors (Lipinski definition) is 3. The molecule has 30 heavy (non-hydrogen) atoms. The maximum absolute atomic E-state index is 12.9. The first-order chi connectivity index (χ1) is 14.5.